The van der Waals surface area contributed by atoms with Gasteiger partial charge in [-0.05, 0) is 35.2 Å². The SMILES string of the molecule is CO[C@@H]1N=C(N)c2c(Br)nc([C@@H]3CC[C@H]4CCC(=O)N4C3)n2[C@H]1F. The zero-order chi connectivity index (χ0) is 17.0. The van der Waals surface area contributed by atoms with Crippen molar-refractivity contribution >= 4 is 27.7 Å². The number of rotatable bonds is 2. The molecule has 1 amide bonds. The van der Waals surface area contributed by atoms with E-state index in [1.807, 2.05) is 4.90 Å². The van der Waals surface area contributed by atoms with Crippen molar-refractivity contribution in [2.45, 2.75) is 50.2 Å². The molecule has 0 spiro atoms. The largest absolute Gasteiger partial charge is 0.382 e. The van der Waals surface area contributed by atoms with Crippen molar-refractivity contribution in [3.63, 3.8) is 0 Å². The van der Waals surface area contributed by atoms with Crippen molar-refractivity contribution in [1.29, 1.82) is 0 Å². The molecular weight excluding hydrogens is 381 g/mol. The van der Waals surface area contributed by atoms with E-state index in [0.29, 0.717) is 35.1 Å². The third-order valence-electron chi connectivity index (χ3n) is 5.21. The van der Waals surface area contributed by atoms with Crippen molar-refractivity contribution in [2.75, 3.05) is 13.7 Å². The second-order valence-electron chi connectivity index (χ2n) is 6.51. The van der Waals surface area contributed by atoms with E-state index in [1.165, 1.54) is 11.7 Å². The molecule has 0 aliphatic carbocycles. The van der Waals surface area contributed by atoms with Gasteiger partial charge in [-0.1, -0.05) is 0 Å². The molecule has 4 heterocycles. The average molecular weight is 400 g/mol. The van der Waals surface area contributed by atoms with Gasteiger partial charge in [0.25, 0.3) is 0 Å². The number of amides is 1. The number of nitrogens with two attached hydrogens (primary N) is 1. The van der Waals surface area contributed by atoms with Crippen LogP contribution in [-0.2, 0) is 9.53 Å². The topological polar surface area (TPSA) is 85.7 Å². The van der Waals surface area contributed by atoms with Crippen molar-refractivity contribution < 1.29 is 13.9 Å². The van der Waals surface area contributed by atoms with Crippen LogP contribution in [0.2, 0.25) is 0 Å². The highest BCUT2D eigenvalue weighted by molar-refractivity contribution is 9.10. The lowest BCUT2D eigenvalue weighted by atomic mass is 9.92. The first-order chi connectivity index (χ1) is 11.5. The minimum atomic E-state index is -1.49. The normalized spacial score (nSPS) is 32.5. The van der Waals surface area contributed by atoms with Crippen LogP contribution in [0, 0.1) is 0 Å². The zero-order valence-electron chi connectivity index (χ0n) is 13.3. The zero-order valence-corrected chi connectivity index (χ0v) is 14.9. The number of aromatic nitrogens is 2. The van der Waals surface area contributed by atoms with Gasteiger partial charge >= 0.3 is 0 Å². The Morgan fingerprint density at radius 3 is 2.92 bits per heavy atom. The second kappa shape index (κ2) is 5.80. The predicted octanol–water partition coefficient (Wildman–Crippen LogP) is 1.67. The van der Waals surface area contributed by atoms with Crippen LogP contribution in [0.5, 0.6) is 0 Å². The van der Waals surface area contributed by atoms with Crippen molar-refractivity contribution in [3.8, 4) is 0 Å². The minimum absolute atomic E-state index is 0.0185. The highest BCUT2D eigenvalue weighted by Gasteiger charge is 2.41. The molecule has 0 bridgehead atoms. The molecule has 2 saturated heterocycles. The third-order valence-corrected chi connectivity index (χ3v) is 5.76. The highest BCUT2D eigenvalue weighted by Crippen LogP contribution is 2.39. The van der Waals surface area contributed by atoms with Crippen molar-refractivity contribution in [2.24, 2.45) is 10.7 Å². The number of carbonyl (C=O) groups excluding carboxylic acids is 1. The molecule has 3 aliphatic rings. The maximum absolute atomic E-state index is 14.9. The second-order valence-corrected chi connectivity index (χ2v) is 7.26. The monoisotopic (exact) mass is 399 g/mol. The number of ether oxygens (including phenoxy) is 1. The number of aliphatic imine (C=N–C) groups is 1. The molecule has 7 nitrogen and oxygen atoms in total. The number of fused-ring (bicyclic) bond motifs is 2. The van der Waals surface area contributed by atoms with E-state index in [2.05, 4.69) is 25.9 Å². The Hall–Kier alpha value is -1.48. The van der Waals surface area contributed by atoms with Gasteiger partial charge in [-0.25, -0.2) is 14.4 Å². The maximum Gasteiger partial charge on any atom is 0.224 e. The van der Waals surface area contributed by atoms with E-state index < -0.39 is 12.5 Å². The summed E-state index contributed by atoms with van der Waals surface area (Å²) in [4.78, 5) is 22.5. The number of amidine groups is 1. The standard InChI is InChI=1S/C15H19BrFN5O2/c1-24-15-12(17)22-10(13(18)20-15)11(16)19-14(22)7-2-3-8-4-5-9(23)21(8)6-7/h7-8,12,15H,2-6H2,1H3,(H2,18,20)/t7-,8+,12-,15+/m1/s1. The lowest BCUT2D eigenvalue weighted by Crippen LogP contribution is -2.42. The summed E-state index contributed by atoms with van der Waals surface area (Å²) < 4.78 is 22.0. The fourth-order valence-corrected chi connectivity index (χ4v) is 4.59. The molecule has 24 heavy (non-hydrogen) atoms. The third kappa shape index (κ3) is 2.28. The van der Waals surface area contributed by atoms with Crippen molar-refractivity contribution in [3.05, 3.63) is 16.1 Å². The van der Waals surface area contributed by atoms with E-state index >= 15 is 0 Å². The summed E-state index contributed by atoms with van der Waals surface area (Å²) in [6.07, 6.45) is 0.854. The number of hydrogen-bond acceptors (Lipinski definition) is 5. The van der Waals surface area contributed by atoms with Gasteiger partial charge in [0.05, 0.1) is 0 Å². The smallest absolute Gasteiger partial charge is 0.224 e. The molecule has 2 fully saturated rings. The summed E-state index contributed by atoms with van der Waals surface area (Å²) in [6, 6.07) is 0.326. The Kier molecular flexibility index (Phi) is 3.87. The van der Waals surface area contributed by atoms with Gasteiger partial charge in [0.2, 0.25) is 18.4 Å². The van der Waals surface area contributed by atoms with Gasteiger partial charge in [0, 0.05) is 32.0 Å². The summed E-state index contributed by atoms with van der Waals surface area (Å²) in [5.74, 6) is 0.964. The van der Waals surface area contributed by atoms with Gasteiger partial charge in [-0.2, -0.15) is 0 Å². The summed E-state index contributed by atoms with van der Waals surface area (Å²) in [5.41, 5.74) is 6.42. The quantitative estimate of drug-likeness (QED) is 0.819. The van der Waals surface area contributed by atoms with E-state index in [1.54, 1.807) is 0 Å². The Balaban J connectivity index is 1.72. The number of methoxy groups -OCH3 is 1. The molecule has 1 aromatic rings. The first-order valence-corrected chi connectivity index (χ1v) is 8.88. The molecule has 1 aromatic heterocycles. The van der Waals surface area contributed by atoms with Crippen LogP contribution in [0.1, 0.15) is 49.4 Å². The average Bonchev–Trinajstić information content (AvgIpc) is 3.12. The number of alkyl halides is 1. The summed E-state index contributed by atoms with van der Waals surface area (Å²) in [5, 5.41) is 0. The summed E-state index contributed by atoms with van der Waals surface area (Å²) in [7, 11) is 1.40. The molecule has 9 heteroatoms. The molecule has 0 unspecified atom stereocenters. The summed E-state index contributed by atoms with van der Waals surface area (Å²) in [6.45, 7) is 0.577. The van der Waals surface area contributed by atoms with Crippen LogP contribution in [0.25, 0.3) is 0 Å². The van der Waals surface area contributed by atoms with Gasteiger partial charge in [-0.3, -0.25) is 9.36 Å². The Morgan fingerprint density at radius 2 is 2.17 bits per heavy atom. The van der Waals surface area contributed by atoms with Crippen LogP contribution in [0.4, 0.5) is 4.39 Å². The maximum atomic E-state index is 14.9. The number of imidazole rings is 1. The number of halogens is 2. The predicted molar refractivity (Wildman–Crippen MR) is 88.3 cm³/mol. The fraction of sp³-hybridized carbons (Fsp3) is 0.667. The Bertz CT molecular complexity index is 721. The lowest BCUT2D eigenvalue weighted by molar-refractivity contribution is -0.130. The van der Waals surface area contributed by atoms with Gasteiger partial charge < -0.3 is 15.4 Å². The van der Waals surface area contributed by atoms with Gasteiger partial charge in [-0.15, -0.1) is 0 Å². The molecule has 4 rings (SSSR count). The van der Waals surface area contributed by atoms with Gasteiger partial charge in [0.1, 0.15) is 22.0 Å². The molecule has 4 atom stereocenters. The Labute approximate surface area is 147 Å². The molecule has 130 valence electrons. The number of hydrogen-bond donors (Lipinski definition) is 1. The van der Waals surface area contributed by atoms with Crippen LogP contribution >= 0.6 is 15.9 Å². The molecule has 0 radical (unpaired) electrons. The number of piperidine rings is 1. The lowest BCUT2D eigenvalue weighted by Gasteiger charge is -2.36. The first kappa shape index (κ1) is 16.0. The first-order valence-electron chi connectivity index (χ1n) is 8.08. The molecular formula is C15H19BrFN5O2. The van der Waals surface area contributed by atoms with Crippen LogP contribution < -0.4 is 5.73 Å². The number of carbonyl (C=O) groups is 1. The van der Waals surface area contributed by atoms with E-state index in [-0.39, 0.29) is 17.7 Å². The van der Waals surface area contributed by atoms with E-state index in [0.717, 1.165) is 19.3 Å². The summed E-state index contributed by atoms with van der Waals surface area (Å²) >= 11 is 3.37. The molecule has 2 N–H and O–H groups in total. The minimum Gasteiger partial charge on any atom is -0.382 e. The highest BCUT2D eigenvalue weighted by atomic mass is 79.9. The Morgan fingerprint density at radius 1 is 1.38 bits per heavy atom. The van der Waals surface area contributed by atoms with Crippen LogP contribution in [-0.4, -0.2) is 52.1 Å². The van der Waals surface area contributed by atoms with E-state index in [4.69, 9.17) is 10.5 Å². The number of nitrogens with zero attached hydrogens (tertiary/aromatic N) is 4. The fourth-order valence-electron chi connectivity index (χ4n) is 4.02. The van der Waals surface area contributed by atoms with Crippen LogP contribution in [0.15, 0.2) is 9.60 Å². The van der Waals surface area contributed by atoms with E-state index in [9.17, 15) is 9.18 Å². The molecule has 3 aliphatic heterocycles. The van der Waals surface area contributed by atoms with Crippen LogP contribution in [0.3, 0.4) is 0 Å². The van der Waals surface area contributed by atoms with Gasteiger partial charge in [0.15, 0.2) is 0 Å². The van der Waals surface area contributed by atoms with Crippen molar-refractivity contribution in [1.82, 2.24) is 14.5 Å². The molecule has 0 aromatic carbocycles. The molecule has 0 saturated carbocycles.